The lowest BCUT2D eigenvalue weighted by Gasteiger charge is -2.16. The number of hydrogen-bond acceptors (Lipinski definition) is 8. The zero-order chi connectivity index (χ0) is 31.2. The van der Waals surface area contributed by atoms with Crippen LogP contribution in [0.3, 0.4) is 0 Å². The normalized spacial score (nSPS) is 10.8. The number of carbonyl (C=O) groups is 2. The first kappa shape index (κ1) is 28.8. The van der Waals surface area contributed by atoms with Crippen LogP contribution in [0.25, 0.3) is 22.0 Å². The summed E-state index contributed by atoms with van der Waals surface area (Å²) in [7, 11) is 0. The second kappa shape index (κ2) is 12.9. The second-order valence-corrected chi connectivity index (χ2v) is 10.0. The number of aromatic nitrogens is 3. The number of primary amides is 1. The van der Waals surface area contributed by atoms with Crippen LogP contribution in [-0.4, -0.2) is 31.9 Å². The lowest BCUT2D eigenvalue weighted by Crippen LogP contribution is -2.15. The Kier molecular flexibility index (Phi) is 8.27. The van der Waals surface area contributed by atoms with Gasteiger partial charge >= 0.3 is 12.0 Å². The zero-order valence-electron chi connectivity index (χ0n) is 23.9. The Labute approximate surface area is 258 Å². The molecular weight excluding hydrogens is 570 g/mol. The van der Waals surface area contributed by atoms with Gasteiger partial charge in [-0.3, -0.25) is 9.78 Å². The van der Waals surface area contributed by atoms with Crippen molar-refractivity contribution in [2.24, 2.45) is 5.73 Å². The maximum absolute atomic E-state index is 12.4. The van der Waals surface area contributed by atoms with E-state index in [1.54, 1.807) is 30.5 Å². The average molecular weight is 598 g/mol. The van der Waals surface area contributed by atoms with Crippen molar-refractivity contribution < 1.29 is 24.2 Å². The Morgan fingerprint density at radius 1 is 0.756 bits per heavy atom. The molecule has 0 radical (unpaired) electrons. The Hall–Kier alpha value is -6.29. The summed E-state index contributed by atoms with van der Waals surface area (Å²) in [4.78, 5) is 37.7. The molecule has 222 valence electrons. The molecule has 10 heteroatoms. The third kappa shape index (κ3) is 6.55. The van der Waals surface area contributed by atoms with Gasteiger partial charge in [0.25, 0.3) is 5.91 Å². The van der Waals surface area contributed by atoms with Crippen molar-refractivity contribution in [3.05, 3.63) is 138 Å². The van der Waals surface area contributed by atoms with Crippen LogP contribution in [0.4, 0.5) is 11.4 Å². The zero-order valence-corrected chi connectivity index (χ0v) is 23.9. The van der Waals surface area contributed by atoms with E-state index in [0.29, 0.717) is 45.9 Å². The molecule has 0 aliphatic carbocycles. The molecule has 4 aromatic carbocycles. The summed E-state index contributed by atoms with van der Waals surface area (Å²) < 4.78 is 12.1. The fraction of sp³-hybridized carbons (Fsp3) is 0.0571. The van der Waals surface area contributed by atoms with Gasteiger partial charge in [0.15, 0.2) is 0 Å². The van der Waals surface area contributed by atoms with Gasteiger partial charge in [0, 0.05) is 17.8 Å². The van der Waals surface area contributed by atoms with Crippen molar-refractivity contribution >= 4 is 34.2 Å². The minimum Gasteiger partial charge on any atom is -0.478 e. The van der Waals surface area contributed by atoms with E-state index in [9.17, 15) is 14.7 Å². The van der Waals surface area contributed by atoms with Crippen molar-refractivity contribution in [2.45, 2.75) is 13.2 Å². The van der Waals surface area contributed by atoms with Gasteiger partial charge in [-0.05, 0) is 34.9 Å². The van der Waals surface area contributed by atoms with Crippen LogP contribution < -0.4 is 20.5 Å². The smallest absolute Gasteiger partial charge is 0.337 e. The lowest BCUT2D eigenvalue weighted by atomic mass is 10.0. The van der Waals surface area contributed by atoms with Gasteiger partial charge in [0.2, 0.25) is 5.88 Å². The topological polar surface area (TPSA) is 150 Å². The number of hydrogen-bond donors (Lipinski definition) is 3. The molecule has 0 spiro atoms. The summed E-state index contributed by atoms with van der Waals surface area (Å²) in [6.07, 6.45) is 3.00. The largest absolute Gasteiger partial charge is 0.478 e. The van der Waals surface area contributed by atoms with Crippen molar-refractivity contribution in [2.75, 3.05) is 5.32 Å². The van der Waals surface area contributed by atoms with Gasteiger partial charge in [-0.25, -0.2) is 9.78 Å². The summed E-state index contributed by atoms with van der Waals surface area (Å²) in [5.41, 5.74) is 10.2. The molecule has 0 saturated carbocycles. The van der Waals surface area contributed by atoms with Crippen LogP contribution in [0, 0.1) is 0 Å². The molecular formula is C35H27N5O5. The van der Waals surface area contributed by atoms with Crippen LogP contribution in [0.15, 0.2) is 116 Å². The first-order valence-corrected chi connectivity index (χ1v) is 14.0. The van der Waals surface area contributed by atoms with Crippen molar-refractivity contribution in [1.82, 2.24) is 15.0 Å². The van der Waals surface area contributed by atoms with E-state index in [-0.39, 0.29) is 23.7 Å². The van der Waals surface area contributed by atoms with Crippen LogP contribution in [0.5, 0.6) is 11.9 Å². The number of pyridine rings is 1. The lowest BCUT2D eigenvalue weighted by molar-refractivity contribution is 0.0697. The maximum Gasteiger partial charge on any atom is 0.337 e. The Bertz CT molecular complexity index is 2000. The minimum atomic E-state index is -1.11. The molecule has 0 aliphatic rings. The molecule has 1 amide bonds. The molecule has 0 bridgehead atoms. The quantitative estimate of drug-likeness (QED) is 0.154. The first-order valence-electron chi connectivity index (χ1n) is 14.0. The third-order valence-corrected chi connectivity index (χ3v) is 7.02. The fourth-order valence-electron chi connectivity index (χ4n) is 4.77. The summed E-state index contributed by atoms with van der Waals surface area (Å²) >= 11 is 0. The number of carbonyl (C=O) groups excluding carboxylic acids is 1. The highest BCUT2D eigenvalue weighted by Gasteiger charge is 2.19. The molecule has 0 unspecified atom stereocenters. The first-order chi connectivity index (χ1) is 22.0. The number of amides is 1. The predicted octanol–water partition coefficient (Wildman–Crippen LogP) is 6.39. The minimum absolute atomic E-state index is 0.0430. The van der Waals surface area contributed by atoms with E-state index in [1.807, 2.05) is 72.8 Å². The number of benzene rings is 4. The van der Waals surface area contributed by atoms with Gasteiger partial charge < -0.3 is 25.6 Å². The van der Waals surface area contributed by atoms with Crippen molar-refractivity contribution in [1.29, 1.82) is 0 Å². The van der Waals surface area contributed by atoms with Crippen LogP contribution >= 0.6 is 0 Å². The average Bonchev–Trinajstić information content (AvgIpc) is 3.07. The molecule has 45 heavy (non-hydrogen) atoms. The van der Waals surface area contributed by atoms with Gasteiger partial charge in [-0.15, -0.1) is 0 Å². The number of carboxylic acids is 1. The predicted molar refractivity (Wildman–Crippen MR) is 170 cm³/mol. The number of rotatable bonds is 11. The number of carboxylic acid groups (broad SMARTS) is 1. The molecule has 2 aromatic heterocycles. The Balaban J connectivity index is 1.38. The fourth-order valence-corrected chi connectivity index (χ4v) is 4.77. The number of fused-ring (bicyclic) bond motifs is 1. The highest BCUT2D eigenvalue weighted by atomic mass is 16.5. The van der Waals surface area contributed by atoms with E-state index in [0.717, 1.165) is 11.1 Å². The SMILES string of the molecule is NC(=O)c1cnc2cc(-c3cnc(OCc4ccccc4)nc3OCc3ccccc3)ccc2c1Nc1ccccc1C(=O)O. The van der Waals surface area contributed by atoms with Gasteiger partial charge in [-0.1, -0.05) is 84.9 Å². The molecule has 6 aromatic rings. The number of anilines is 2. The van der Waals surface area contributed by atoms with E-state index in [4.69, 9.17) is 15.2 Å². The molecule has 0 saturated heterocycles. The molecule has 4 N–H and O–H groups in total. The number of para-hydroxylation sites is 1. The summed E-state index contributed by atoms with van der Waals surface area (Å²) in [6.45, 7) is 0.565. The molecule has 0 aliphatic heterocycles. The standard InChI is InChI=1S/C35H27N5O5/c36-32(41)28-19-37-30-17-24(15-16-25(30)31(28)39-29-14-8-7-13-26(29)34(42)43)27-18-38-35(45-21-23-11-5-2-6-12-23)40-33(27)44-20-22-9-3-1-4-10-22/h1-19H,20-21H2,(H2,36,41)(H,37,39)(H,42,43). The maximum atomic E-state index is 12.4. The van der Waals surface area contributed by atoms with Crippen LogP contribution in [0.2, 0.25) is 0 Å². The van der Waals surface area contributed by atoms with E-state index in [2.05, 4.69) is 20.3 Å². The van der Waals surface area contributed by atoms with Crippen LogP contribution in [0.1, 0.15) is 31.8 Å². The summed E-state index contributed by atoms with van der Waals surface area (Å²) in [5.74, 6) is -1.50. The number of nitrogens with zero attached hydrogens (tertiary/aromatic N) is 3. The van der Waals surface area contributed by atoms with E-state index >= 15 is 0 Å². The number of ether oxygens (including phenoxy) is 2. The third-order valence-electron chi connectivity index (χ3n) is 7.02. The molecule has 10 nitrogen and oxygen atoms in total. The van der Waals surface area contributed by atoms with Gasteiger partial charge in [-0.2, -0.15) is 4.98 Å². The van der Waals surface area contributed by atoms with Crippen LogP contribution in [-0.2, 0) is 13.2 Å². The number of nitrogens with two attached hydrogens (primary N) is 1. The Morgan fingerprint density at radius 2 is 1.42 bits per heavy atom. The molecule has 0 fully saturated rings. The monoisotopic (exact) mass is 597 g/mol. The summed E-state index contributed by atoms with van der Waals surface area (Å²) in [6, 6.07) is 31.4. The number of aromatic carboxylic acids is 1. The van der Waals surface area contributed by atoms with Gasteiger partial charge in [0.05, 0.1) is 33.6 Å². The molecule has 2 heterocycles. The highest BCUT2D eigenvalue weighted by Crippen LogP contribution is 2.35. The second-order valence-electron chi connectivity index (χ2n) is 10.0. The van der Waals surface area contributed by atoms with E-state index < -0.39 is 11.9 Å². The highest BCUT2D eigenvalue weighted by molar-refractivity contribution is 6.09. The molecule has 6 rings (SSSR count). The van der Waals surface area contributed by atoms with Gasteiger partial charge in [0.1, 0.15) is 13.2 Å². The number of nitrogens with one attached hydrogen (secondary N) is 1. The van der Waals surface area contributed by atoms with Crippen molar-refractivity contribution in [3.63, 3.8) is 0 Å². The Morgan fingerprint density at radius 3 is 2.11 bits per heavy atom. The summed E-state index contributed by atoms with van der Waals surface area (Å²) in [5, 5.41) is 13.3. The van der Waals surface area contributed by atoms with Crippen molar-refractivity contribution in [3.8, 4) is 23.0 Å². The van der Waals surface area contributed by atoms with E-state index in [1.165, 1.54) is 12.3 Å². The molecule has 0 atom stereocenters.